The van der Waals surface area contributed by atoms with E-state index in [0.717, 1.165) is 6.92 Å². The lowest BCUT2D eigenvalue weighted by Crippen LogP contribution is -2.46. The first kappa shape index (κ1) is 44.5. The number of halogens is 1. The number of aliphatic hydroxyl groups is 2. The van der Waals surface area contributed by atoms with Gasteiger partial charge in [-0.3, -0.25) is 28.8 Å². The Labute approximate surface area is 292 Å². The van der Waals surface area contributed by atoms with Crippen LogP contribution < -0.4 is 26.6 Å². The molecule has 49 heavy (non-hydrogen) atoms. The molecular weight excluding hydrogens is 777 g/mol. The van der Waals surface area contributed by atoms with Gasteiger partial charge in [-0.25, -0.2) is 19.2 Å². The second-order valence-electron chi connectivity index (χ2n) is 10.6. The lowest BCUT2D eigenvalue weighted by molar-refractivity contribution is -0.144. The van der Waals surface area contributed by atoms with Crippen molar-refractivity contribution in [2.24, 2.45) is 0 Å². The van der Waals surface area contributed by atoms with Crippen molar-refractivity contribution in [2.45, 2.75) is 108 Å². The molecule has 0 rings (SSSR count). The average molecular weight is 818 g/mol. The van der Waals surface area contributed by atoms with E-state index < -0.39 is 128 Å². The van der Waals surface area contributed by atoms with Crippen molar-refractivity contribution in [3.05, 3.63) is 0 Å². The minimum atomic E-state index is -2.17. The molecule has 0 spiro atoms. The number of hydrogen-bond donors (Lipinski definition) is 11. The molecule has 0 saturated heterocycles. The van der Waals surface area contributed by atoms with E-state index >= 15 is 0 Å². The maximum absolute atomic E-state index is 12.4. The van der Waals surface area contributed by atoms with Gasteiger partial charge in [0.1, 0.15) is 24.2 Å². The number of carboxylic acids is 4. The Morgan fingerprint density at radius 1 is 0.469 bits per heavy atom. The number of carbonyl (C=O) groups is 10. The third-order valence-corrected chi connectivity index (χ3v) is 7.11. The fraction of sp³-hybridized carbons (Fsp3) is 0.630. The molecule has 22 heteroatoms. The Morgan fingerprint density at radius 3 is 1.04 bits per heavy atom. The number of carboxylic acid groups (broad SMARTS) is 4. The molecule has 0 aliphatic carbocycles. The fourth-order valence-corrected chi connectivity index (χ4v) is 4.33. The third kappa shape index (κ3) is 20.5. The normalized spacial score (nSPS) is 13.8. The molecule has 0 fully saturated rings. The first-order valence-electron chi connectivity index (χ1n) is 14.6. The van der Waals surface area contributed by atoms with E-state index in [2.05, 4.69) is 26.6 Å². The van der Waals surface area contributed by atoms with Gasteiger partial charge in [-0.05, 0) is 54.7 Å². The molecular formula is C27H40IN5O16. The topological polar surface area (TPSA) is 352 Å². The SMILES string of the molecule is CC(=O)N[C@@H](CCC(=O)N[C@@H](CCC(=O)N[C@@H](CCC(=O)N[C@@H](CCC(=O)N[C@@H](CCC(=O)I)C(=O)O)C(O)O)C(=O)O)C(=O)O)C(=O)O. The minimum absolute atomic E-state index is 0.119. The van der Waals surface area contributed by atoms with Crippen LogP contribution in [0.1, 0.15) is 71.1 Å². The van der Waals surface area contributed by atoms with Gasteiger partial charge in [0, 0.05) is 39.0 Å². The number of amides is 5. The highest BCUT2D eigenvalue weighted by molar-refractivity contribution is 14.1. The predicted molar refractivity (Wildman–Crippen MR) is 169 cm³/mol. The summed E-state index contributed by atoms with van der Waals surface area (Å²) in [5.74, 6) is -10.1. The highest BCUT2D eigenvalue weighted by Gasteiger charge is 2.27. The lowest BCUT2D eigenvalue weighted by Gasteiger charge is -2.22. The van der Waals surface area contributed by atoms with E-state index in [4.69, 9.17) is 5.11 Å². The lowest BCUT2D eigenvalue weighted by atomic mass is 10.1. The molecule has 0 aliphatic heterocycles. The summed E-state index contributed by atoms with van der Waals surface area (Å²) in [6.07, 6.45) is -6.30. The molecule has 0 aromatic heterocycles. The smallest absolute Gasteiger partial charge is 0.326 e. The Balaban J connectivity index is 4.97. The fourth-order valence-electron chi connectivity index (χ4n) is 4.02. The summed E-state index contributed by atoms with van der Waals surface area (Å²) in [5.41, 5.74) is 0. The van der Waals surface area contributed by atoms with Crippen LogP contribution in [-0.2, 0) is 47.9 Å². The quantitative estimate of drug-likeness (QED) is 0.0248. The summed E-state index contributed by atoms with van der Waals surface area (Å²) < 4.78 is -0.324. The summed E-state index contributed by atoms with van der Waals surface area (Å²) >= 11 is 1.47. The highest BCUT2D eigenvalue weighted by Crippen LogP contribution is 2.08. The number of hydrogen-bond acceptors (Lipinski definition) is 12. The Bertz CT molecular complexity index is 1250. The summed E-state index contributed by atoms with van der Waals surface area (Å²) in [7, 11) is 0. The maximum atomic E-state index is 12.4. The number of aliphatic hydroxyl groups excluding tert-OH is 1. The van der Waals surface area contributed by atoms with Crippen molar-refractivity contribution < 1.29 is 78.6 Å². The average Bonchev–Trinajstić information content (AvgIpc) is 2.98. The standard InChI is InChI=1S/C27H40IN5O16/c1-12(34)29-13(23(40)41)3-8-19(36)31-15(25(44)45)5-10-21(38)33-17(27(48)49)6-11-22(39)32-16(26(46)47)4-9-20(37)30-14(24(42)43)2-7-18(28)35/h13-17,26,46-47H,2-11H2,1H3,(H,29,34)(H,30,37)(H,31,36)(H,32,39)(H,33,38)(H,40,41)(H,42,43)(H,44,45)(H,48,49)/t13-,14-,15-,16-,17-/m0/s1. The van der Waals surface area contributed by atoms with Crippen molar-refractivity contribution in [3.8, 4) is 0 Å². The van der Waals surface area contributed by atoms with Gasteiger partial charge in [0.25, 0.3) is 0 Å². The molecule has 0 bridgehead atoms. The van der Waals surface area contributed by atoms with E-state index in [1.807, 2.05) is 0 Å². The molecule has 0 aromatic rings. The van der Waals surface area contributed by atoms with Crippen LogP contribution in [0.5, 0.6) is 0 Å². The molecule has 5 amide bonds. The first-order valence-corrected chi connectivity index (χ1v) is 15.7. The highest BCUT2D eigenvalue weighted by atomic mass is 127. The number of aliphatic carboxylic acids is 4. The van der Waals surface area contributed by atoms with Gasteiger partial charge in [-0.15, -0.1) is 0 Å². The van der Waals surface area contributed by atoms with Crippen molar-refractivity contribution in [1.29, 1.82) is 0 Å². The second kappa shape index (κ2) is 23.0. The van der Waals surface area contributed by atoms with Crippen LogP contribution in [0.15, 0.2) is 0 Å². The van der Waals surface area contributed by atoms with Crippen LogP contribution in [-0.4, -0.2) is 124 Å². The van der Waals surface area contributed by atoms with Crippen LogP contribution in [0.4, 0.5) is 0 Å². The zero-order chi connectivity index (χ0) is 37.8. The second-order valence-corrected chi connectivity index (χ2v) is 11.8. The molecule has 5 atom stereocenters. The summed E-state index contributed by atoms with van der Waals surface area (Å²) in [6.45, 7) is 1.07. The molecule has 21 nitrogen and oxygen atoms in total. The van der Waals surface area contributed by atoms with Gasteiger partial charge in [0.2, 0.25) is 29.5 Å². The maximum Gasteiger partial charge on any atom is 0.326 e. The summed E-state index contributed by atoms with van der Waals surface area (Å²) in [5, 5.41) is 67.0. The van der Waals surface area contributed by atoms with E-state index in [1.165, 1.54) is 22.6 Å². The Morgan fingerprint density at radius 2 is 0.755 bits per heavy atom. The van der Waals surface area contributed by atoms with Gasteiger partial charge in [-0.2, -0.15) is 0 Å². The van der Waals surface area contributed by atoms with Crippen LogP contribution in [0.3, 0.4) is 0 Å². The molecule has 0 heterocycles. The number of rotatable bonds is 25. The Kier molecular flexibility index (Phi) is 20.9. The van der Waals surface area contributed by atoms with Gasteiger partial charge < -0.3 is 57.2 Å². The molecule has 0 unspecified atom stereocenters. The van der Waals surface area contributed by atoms with Crippen LogP contribution in [0, 0.1) is 0 Å². The van der Waals surface area contributed by atoms with Gasteiger partial charge >= 0.3 is 23.9 Å². The zero-order valence-electron chi connectivity index (χ0n) is 26.2. The van der Waals surface area contributed by atoms with E-state index in [9.17, 15) is 73.5 Å². The Hall–Kier alpha value is -4.45. The molecule has 0 aliphatic rings. The van der Waals surface area contributed by atoms with E-state index in [1.54, 1.807) is 0 Å². The van der Waals surface area contributed by atoms with Crippen LogP contribution in [0.2, 0.25) is 0 Å². The van der Waals surface area contributed by atoms with Crippen molar-refractivity contribution >= 4 is 79.8 Å². The van der Waals surface area contributed by atoms with Crippen molar-refractivity contribution in [3.63, 3.8) is 0 Å². The van der Waals surface area contributed by atoms with Crippen LogP contribution in [0.25, 0.3) is 0 Å². The first-order chi connectivity index (χ1) is 22.7. The van der Waals surface area contributed by atoms with Crippen molar-refractivity contribution in [1.82, 2.24) is 26.6 Å². The van der Waals surface area contributed by atoms with Gasteiger partial charge in [-0.1, -0.05) is 0 Å². The number of carbonyl (C=O) groups excluding carboxylic acids is 6. The largest absolute Gasteiger partial charge is 0.480 e. The van der Waals surface area contributed by atoms with Crippen molar-refractivity contribution in [2.75, 3.05) is 0 Å². The van der Waals surface area contributed by atoms with Gasteiger partial charge in [0.05, 0.1) is 6.04 Å². The molecule has 276 valence electrons. The minimum Gasteiger partial charge on any atom is -0.480 e. The van der Waals surface area contributed by atoms with Crippen LogP contribution >= 0.6 is 22.6 Å². The molecule has 0 radical (unpaired) electrons. The molecule has 0 aromatic carbocycles. The summed E-state index contributed by atoms with van der Waals surface area (Å²) in [6, 6.07) is -7.48. The van der Waals surface area contributed by atoms with Gasteiger partial charge in [0.15, 0.2) is 10.1 Å². The van der Waals surface area contributed by atoms with E-state index in [-0.39, 0.29) is 29.5 Å². The monoisotopic (exact) mass is 817 g/mol. The third-order valence-electron chi connectivity index (χ3n) is 6.57. The zero-order valence-corrected chi connectivity index (χ0v) is 28.3. The number of nitrogens with one attached hydrogen (secondary N) is 5. The summed E-state index contributed by atoms with van der Waals surface area (Å²) in [4.78, 5) is 117. The van der Waals surface area contributed by atoms with E-state index in [0.29, 0.717) is 0 Å². The molecule has 0 saturated carbocycles. The molecule has 11 N–H and O–H groups in total. The predicted octanol–water partition coefficient (Wildman–Crippen LogP) is -3.06.